The third kappa shape index (κ3) is 5.08. The fraction of sp³-hybridized carbons (Fsp3) is 0.273. The number of aromatic nitrogens is 6. The lowest BCUT2D eigenvalue weighted by atomic mass is 9.95. The average molecular weight is 657 g/mol. The zero-order valence-corrected chi connectivity index (χ0v) is 29.9. The second-order valence-corrected chi connectivity index (χ2v) is 13.7. The molecule has 8 rings (SSSR count). The van der Waals surface area contributed by atoms with Crippen LogP contribution in [-0.2, 0) is 0 Å². The molecule has 250 valence electrons. The highest BCUT2D eigenvalue weighted by Crippen LogP contribution is 2.37. The summed E-state index contributed by atoms with van der Waals surface area (Å²) in [6.07, 6.45) is 8.19. The summed E-state index contributed by atoms with van der Waals surface area (Å²) in [7, 11) is 0. The topological polar surface area (TPSA) is 61.4 Å². The Bertz CT molecular complexity index is 2350. The minimum atomic E-state index is 0.369. The smallest absolute Gasteiger partial charge is 0.132 e. The minimum Gasteiger partial charge on any atom is -0.306 e. The maximum atomic E-state index is 5.14. The van der Waals surface area contributed by atoms with Gasteiger partial charge >= 0.3 is 0 Å². The number of nitrogens with zero attached hydrogens (tertiary/aromatic N) is 6. The van der Waals surface area contributed by atoms with E-state index in [0.717, 1.165) is 92.6 Å². The lowest BCUT2D eigenvalue weighted by Crippen LogP contribution is -2.03. The Kier molecular flexibility index (Phi) is 8.18. The quantitative estimate of drug-likeness (QED) is 0.155. The van der Waals surface area contributed by atoms with Crippen molar-refractivity contribution in [2.24, 2.45) is 0 Å². The van der Waals surface area contributed by atoms with Crippen molar-refractivity contribution in [3.05, 3.63) is 120 Å². The highest BCUT2D eigenvalue weighted by molar-refractivity contribution is 6.07. The van der Waals surface area contributed by atoms with Crippen LogP contribution in [0.2, 0.25) is 0 Å². The van der Waals surface area contributed by atoms with Crippen LogP contribution in [0.1, 0.15) is 88.0 Å². The zero-order chi connectivity index (χ0) is 34.5. The first-order chi connectivity index (χ1) is 24.4. The maximum absolute atomic E-state index is 5.14. The number of rotatable bonds is 9. The van der Waals surface area contributed by atoms with E-state index in [-0.39, 0.29) is 0 Å². The predicted octanol–water partition coefficient (Wildman–Crippen LogP) is 11.6. The molecular formula is C44H44N6. The van der Waals surface area contributed by atoms with Crippen LogP contribution in [0, 0.1) is 13.8 Å². The summed E-state index contributed by atoms with van der Waals surface area (Å²) >= 11 is 0. The van der Waals surface area contributed by atoms with Crippen LogP contribution in [0.5, 0.6) is 0 Å². The van der Waals surface area contributed by atoms with Crippen LogP contribution >= 0.6 is 0 Å². The van der Waals surface area contributed by atoms with Gasteiger partial charge in [0.1, 0.15) is 22.7 Å². The normalized spacial score (nSPS) is 12.1. The summed E-state index contributed by atoms with van der Waals surface area (Å²) in [4.78, 5) is 20.0. The molecule has 4 aromatic heterocycles. The van der Waals surface area contributed by atoms with Gasteiger partial charge in [0.25, 0.3) is 0 Å². The van der Waals surface area contributed by atoms with E-state index in [1.54, 1.807) is 0 Å². The van der Waals surface area contributed by atoms with Crippen LogP contribution in [0.15, 0.2) is 97.3 Å². The van der Waals surface area contributed by atoms with E-state index in [1.807, 2.05) is 12.4 Å². The van der Waals surface area contributed by atoms with Crippen LogP contribution < -0.4 is 0 Å². The molecule has 6 heteroatoms. The molecule has 0 radical (unpaired) electrons. The van der Waals surface area contributed by atoms with Crippen molar-refractivity contribution in [3.63, 3.8) is 0 Å². The third-order valence-corrected chi connectivity index (χ3v) is 10.8. The molecule has 0 spiro atoms. The fourth-order valence-corrected chi connectivity index (χ4v) is 7.93. The van der Waals surface area contributed by atoms with Crippen molar-refractivity contribution in [1.29, 1.82) is 0 Å². The van der Waals surface area contributed by atoms with Crippen LogP contribution in [0.25, 0.3) is 66.4 Å². The van der Waals surface area contributed by atoms with E-state index in [0.29, 0.717) is 11.8 Å². The zero-order valence-electron chi connectivity index (χ0n) is 29.9. The summed E-state index contributed by atoms with van der Waals surface area (Å²) in [6.45, 7) is 13.3. The third-order valence-electron chi connectivity index (χ3n) is 10.8. The van der Waals surface area contributed by atoms with Gasteiger partial charge in [0.15, 0.2) is 0 Å². The molecule has 0 unspecified atom stereocenters. The first kappa shape index (κ1) is 31.9. The van der Waals surface area contributed by atoms with Gasteiger partial charge in [-0.1, -0.05) is 76.2 Å². The first-order valence-electron chi connectivity index (χ1n) is 18.2. The number of aryl methyl sites for hydroxylation is 2. The minimum absolute atomic E-state index is 0.369. The Morgan fingerprint density at radius 1 is 0.500 bits per heavy atom. The van der Waals surface area contributed by atoms with Crippen molar-refractivity contribution < 1.29 is 0 Å². The highest BCUT2D eigenvalue weighted by atomic mass is 15.0. The van der Waals surface area contributed by atoms with Gasteiger partial charge in [-0.3, -0.25) is 0 Å². The summed E-state index contributed by atoms with van der Waals surface area (Å²) in [5, 5.41) is 2.32. The van der Waals surface area contributed by atoms with Gasteiger partial charge in [0.2, 0.25) is 0 Å². The van der Waals surface area contributed by atoms with E-state index < -0.39 is 0 Å². The fourth-order valence-electron chi connectivity index (χ4n) is 7.93. The van der Waals surface area contributed by atoms with Gasteiger partial charge in [-0.2, -0.15) is 0 Å². The Hall–Kier alpha value is -5.36. The standard InChI is InChI=1S/C44H44N6/c1-7-29(8-2)43-45-25-39-41(47-43)35-15-11-13-17-37(35)49(39)31-19-21-33(27(5)23-31)34-22-20-32(24-28(34)6)50-38-18-14-12-16-36(38)42-40(50)26-46-44(48-42)30(9-3)10-4/h11-26,29-30H,7-10H2,1-6H3. The van der Waals surface area contributed by atoms with E-state index in [1.165, 1.54) is 22.3 Å². The number of benzene rings is 4. The maximum Gasteiger partial charge on any atom is 0.132 e. The molecule has 0 N–H and O–H groups in total. The van der Waals surface area contributed by atoms with Gasteiger partial charge in [0.05, 0.1) is 34.5 Å². The summed E-state index contributed by atoms with van der Waals surface area (Å²) in [6, 6.07) is 30.7. The largest absolute Gasteiger partial charge is 0.306 e. The van der Waals surface area contributed by atoms with Crippen molar-refractivity contribution >= 4 is 43.9 Å². The lowest BCUT2D eigenvalue weighted by Gasteiger charge is -2.16. The van der Waals surface area contributed by atoms with Crippen molar-refractivity contribution in [2.45, 2.75) is 79.1 Å². The molecule has 0 aliphatic carbocycles. The Labute approximate surface area is 293 Å². The molecule has 50 heavy (non-hydrogen) atoms. The molecule has 0 aliphatic heterocycles. The van der Waals surface area contributed by atoms with Crippen molar-refractivity contribution in [2.75, 3.05) is 0 Å². The van der Waals surface area contributed by atoms with Gasteiger partial charge in [-0.25, -0.2) is 19.9 Å². The van der Waals surface area contributed by atoms with E-state index in [4.69, 9.17) is 19.9 Å². The molecule has 0 saturated carbocycles. The van der Waals surface area contributed by atoms with E-state index >= 15 is 0 Å². The number of para-hydroxylation sites is 2. The number of hydrogen-bond donors (Lipinski definition) is 0. The number of hydrogen-bond acceptors (Lipinski definition) is 4. The molecule has 6 nitrogen and oxygen atoms in total. The summed E-state index contributed by atoms with van der Waals surface area (Å²) in [5.41, 5.74) is 13.5. The summed E-state index contributed by atoms with van der Waals surface area (Å²) in [5.74, 6) is 2.62. The van der Waals surface area contributed by atoms with Crippen molar-refractivity contribution in [3.8, 4) is 22.5 Å². The van der Waals surface area contributed by atoms with Crippen molar-refractivity contribution in [1.82, 2.24) is 29.1 Å². The number of fused-ring (bicyclic) bond motifs is 6. The molecular weight excluding hydrogens is 613 g/mol. The molecule has 0 amide bonds. The average Bonchev–Trinajstić information content (AvgIpc) is 3.65. The van der Waals surface area contributed by atoms with Gasteiger partial charge in [0, 0.05) is 34.0 Å². The monoisotopic (exact) mass is 656 g/mol. The van der Waals surface area contributed by atoms with Gasteiger partial charge in [-0.05, 0) is 98.2 Å². The van der Waals surface area contributed by atoms with E-state index in [2.05, 4.69) is 136 Å². The summed E-state index contributed by atoms with van der Waals surface area (Å²) < 4.78 is 4.63. The lowest BCUT2D eigenvalue weighted by molar-refractivity contribution is 0.605. The molecule has 4 aromatic carbocycles. The first-order valence-corrected chi connectivity index (χ1v) is 18.2. The van der Waals surface area contributed by atoms with Gasteiger partial charge < -0.3 is 9.13 Å². The molecule has 0 aliphatic rings. The molecule has 8 aromatic rings. The predicted molar refractivity (Wildman–Crippen MR) is 208 cm³/mol. The van der Waals surface area contributed by atoms with Crippen LogP contribution in [-0.4, -0.2) is 29.1 Å². The molecule has 0 atom stereocenters. The molecule has 0 saturated heterocycles. The van der Waals surface area contributed by atoms with E-state index in [9.17, 15) is 0 Å². The van der Waals surface area contributed by atoms with Crippen LogP contribution in [0.4, 0.5) is 0 Å². The molecule has 0 fully saturated rings. The Morgan fingerprint density at radius 2 is 0.900 bits per heavy atom. The van der Waals surface area contributed by atoms with Gasteiger partial charge in [-0.15, -0.1) is 0 Å². The second-order valence-electron chi connectivity index (χ2n) is 13.7. The second kappa shape index (κ2) is 12.8. The highest BCUT2D eigenvalue weighted by Gasteiger charge is 2.20. The molecule has 0 bridgehead atoms. The Morgan fingerprint density at radius 3 is 1.28 bits per heavy atom. The Balaban J connectivity index is 1.20. The van der Waals surface area contributed by atoms with Crippen LogP contribution in [0.3, 0.4) is 0 Å². The SMILES string of the molecule is CCC(CC)c1ncc2c(n1)c1ccccc1n2-c1ccc(-c2ccc(-n3c4ccccc4c4nc(C(CC)CC)ncc43)cc2C)c(C)c1. The molecule has 4 heterocycles.